The van der Waals surface area contributed by atoms with Gasteiger partial charge in [0.05, 0.1) is 6.10 Å². The number of nitrogens with zero attached hydrogens (tertiary/aromatic N) is 1. The minimum absolute atomic E-state index is 0.0596. The Bertz CT molecular complexity index is 344. The van der Waals surface area contributed by atoms with E-state index in [4.69, 9.17) is 10.5 Å². The molecule has 2 unspecified atom stereocenters. The van der Waals surface area contributed by atoms with Gasteiger partial charge in [0, 0.05) is 37.6 Å². The molecule has 3 N–H and O–H groups in total. The lowest BCUT2D eigenvalue weighted by atomic mass is 9.54. The van der Waals surface area contributed by atoms with Crippen LogP contribution >= 0.6 is 0 Å². The van der Waals surface area contributed by atoms with Crippen molar-refractivity contribution in [1.29, 1.82) is 0 Å². The van der Waals surface area contributed by atoms with Gasteiger partial charge in [-0.3, -0.25) is 4.79 Å². The second-order valence-corrected chi connectivity index (χ2v) is 6.67. The summed E-state index contributed by atoms with van der Waals surface area (Å²) in [5.74, 6) is -0.0596. The zero-order chi connectivity index (χ0) is 15.6. The molecule has 0 aromatic rings. The van der Waals surface area contributed by atoms with Gasteiger partial charge < -0.3 is 20.7 Å². The fourth-order valence-corrected chi connectivity index (χ4v) is 2.58. The van der Waals surface area contributed by atoms with Crippen LogP contribution in [0.4, 0.5) is 0 Å². The zero-order valence-corrected chi connectivity index (χ0v) is 13.8. The number of amides is 1. The fourth-order valence-electron chi connectivity index (χ4n) is 2.58. The number of nitrogens with one attached hydrogen (secondary N) is 1. The molecule has 0 aromatic carbocycles. The summed E-state index contributed by atoms with van der Waals surface area (Å²) in [7, 11) is 2.05. The van der Waals surface area contributed by atoms with Crippen LogP contribution in [-0.2, 0) is 9.53 Å². The second kappa shape index (κ2) is 6.41. The van der Waals surface area contributed by atoms with E-state index in [1.54, 1.807) is 0 Å². The molecule has 0 heterocycles. The molecule has 0 bridgehead atoms. The van der Waals surface area contributed by atoms with E-state index in [2.05, 4.69) is 24.1 Å². The summed E-state index contributed by atoms with van der Waals surface area (Å²) in [5.41, 5.74) is 5.18. The number of nitrogens with two attached hydrogens (primary N) is 1. The molecule has 5 heteroatoms. The molecule has 1 aliphatic rings. The minimum atomic E-state index is -0.816. The van der Waals surface area contributed by atoms with Crippen LogP contribution in [-0.4, -0.2) is 55.2 Å². The molecule has 118 valence electrons. The third-order valence-electron chi connectivity index (χ3n) is 4.87. The molecule has 1 rings (SSSR count). The number of hydrogen-bond donors (Lipinski definition) is 2. The van der Waals surface area contributed by atoms with Crippen LogP contribution in [0.3, 0.4) is 0 Å². The molecule has 20 heavy (non-hydrogen) atoms. The van der Waals surface area contributed by atoms with Crippen LogP contribution in [0.15, 0.2) is 0 Å². The highest BCUT2D eigenvalue weighted by molar-refractivity contribution is 5.88. The maximum Gasteiger partial charge on any atom is 0.240 e. The maximum atomic E-state index is 12.4. The lowest BCUT2D eigenvalue weighted by Crippen LogP contribution is -2.75. The Labute approximate surface area is 123 Å². The van der Waals surface area contributed by atoms with Crippen molar-refractivity contribution in [3.63, 3.8) is 0 Å². The smallest absolute Gasteiger partial charge is 0.240 e. The second-order valence-electron chi connectivity index (χ2n) is 6.67. The molecule has 1 fully saturated rings. The molecule has 0 radical (unpaired) electrons. The first-order chi connectivity index (χ1) is 9.16. The summed E-state index contributed by atoms with van der Waals surface area (Å²) in [4.78, 5) is 14.5. The van der Waals surface area contributed by atoms with Gasteiger partial charge in [0.1, 0.15) is 5.54 Å². The maximum absolute atomic E-state index is 12.4. The van der Waals surface area contributed by atoms with Gasteiger partial charge >= 0.3 is 0 Å². The number of likely N-dealkylation sites (N-methyl/N-ethyl adjacent to an activating group) is 1. The molecule has 0 aliphatic heterocycles. The number of ether oxygens (including phenoxy) is 1. The van der Waals surface area contributed by atoms with Crippen molar-refractivity contribution in [2.24, 2.45) is 11.1 Å². The van der Waals surface area contributed by atoms with Crippen LogP contribution in [0, 0.1) is 5.41 Å². The highest BCUT2D eigenvalue weighted by Gasteiger charge is 2.62. The van der Waals surface area contributed by atoms with Crippen LogP contribution in [0.5, 0.6) is 0 Å². The average molecular weight is 285 g/mol. The Kier molecular flexibility index (Phi) is 5.58. The first-order valence-electron chi connectivity index (χ1n) is 7.55. The van der Waals surface area contributed by atoms with E-state index >= 15 is 0 Å². The van der Waals surface area contributed by atoms with Crippen LogP contribution in [0.2, 0.25) is 0 Å². The molecular formula is C15H31N3O2. The summed E-state index contributed by atoms with van der Waals surface area (Å²) < 4.78 is 5.64. The van der Waals surface area contributed by atoms with Gasteiger partial charge in [-0.1, -0.05) is 13.8 Å². The van der Waals surface area contributed by atoms with Crippen molar-refractivity contribution in [2.45, 2.75) is 58.7 Å². The quantitative estimate of drug-likeness (QED) is 0.731. The summed E-state index contributed by atoms with van der Waals surface area (Å²) in [6, 6.07) is 0.473. The van der Waals surface area contributed by atoms with Crippen molar-refractivity contribution in [3.05, 3.63) is 0 Å². The first-order valence-corrected chi connectivity index (χ1v) is 7.55. The highest BCUT2D eigenvalue weighted by Crippen LogP contribution is 2.49. The predicted octanol–water partition coefficient (Wildman–Crippen LogP) is 0.975. The predicted molar refractivity (Wildman–Crippen MR) is 81.5 cm³/mol. The third-order valence-corrected chi connectivity index (χ3v) is 4.87. The van der Waals surface area contributed by atoms with Gasteiger partial charge in [-0.05, 0) is 27.8 Å². The molecule has 1 saturated carbocycles. The van der Waals surface area contributed by atoms with Gasteiger partial charge in [0.2, 0.25) is 5.91 Å². The monoisotopic (exact) mass is 285 g/mol. The van der Waals surface area contributed by atoms with Gasteiger partial charge in [-0.15, -0.1) is 0 Å². The van der Waals surface area contributed by atoms with E-state index in [1.165, 1.54) is 0 Å². The van der Waals surface area contributed by atoms with Crippen molar-refractivity contribution in [1.82, 2.24) is 10.2 Å². The Hall–Kier alpha value is -0.650. The Morgan fingerprint density at radius 3 is 2.55 bits per heavy atom. The number of carbonyl (C=O) groups is 1. The van der Waals surface area contributed by atoms with E-state index in [0.29, 0.717) is 25.6 Å². The number of carbonyl (C=O) groups excluding carboxylic acids is 1. The van der Waals surface area contributed by atoms with Crippen LogP contribution in [0.1, 0.15) is 41.0 Å². The van der Waals surface area contributed by atoms with Gasteiger partial charge in [0.15, 0.2) is 0 Å². The van der Waals surface area contributed by atoms with Crippen molar-refractivity contribution in [2.75, 3.05) is 26.7 Å². The van der Waals surface area contributed by atoms with Crippen LogP contribution in [0.25, 0.3) is 0 Å². The van der Waals surface area contributed by atoms with Crippen LogP contribution < -0.4 is 11.1 Å². The summed E-state index contributed by atoms with van der Waals surface area (Å²) in [6.07, 6.45) is 0.668. The van der Waals surface area contributed by atoms with Gasteiger partial charge in [0.25, 0.3) is 0 Å². The molecule has 1 amide bonds. The minimum Gasteiger partial charge on any atom is -0.378 e. The van der Waals surface area contributed by atoms with Crippen molar-refractivity contribution in [3.8, 4) is 0 Å². The fraction of sp³-hybridized carbons (Fsp3) is 0.933. The van der Waals surface area contributed by atoms with Gasteiger partial charge in [-0.25, -0.2) is 0 Å². The molecule has 0 spiro atoms. The molecule has 5 nitrogen and oxygen atoms in total. The topological polar surface area (TPSA) is 67.6 Å². The number of hydrogen-bond acceptors (Lipinski definition) is 4. The molecule has 2 atom stereocenters. The molecule has 1 aliphatic carbocycles. The zero-order valence-electron chi connectivity index (χ0n) is 13.8. The largest absolute Gasteiger partial charge is 0.378 e. The molecule has 0 saturated heterocycles. The number of rotatable bonds is 7. The molecular weight excluding hydrogens is 254 g/mol. The van der Waals surface area contributed by atoms with Crippen molar-refractivity contribution >= 4 is 5.91 Å². The lowest BCUT2D eigenvalue weighted by Gasteiger charge is -2.57. The summed E-state index contributed by atoms with van der Waals surface area (Å²) >= 11 is 0. The summed E-state index contributed by atoms with van der Waals surface area (Å²) in [6.45, 7) is 12.4. The SMILES string of the molecule is CCOC1CC(N)(C(=O)NCCN(C)C(C)C)C1(C)C. The Balaban J connectivity index is 2.48. The van der Waals surface area contributed by atoms with E-state index in [9.17, 15) is 4.79 Å². The first kappa shape index (κ1) is 17.4. The third kappa shape index (κ3) is 3.15. The Morgan fingerprint density at radius 1 is 1.50 bits per heavy atom. The van der Waals surface area contributed by atoms with Gasteiger partial charge in [-0.2, -0.15) is 0 Å². The average Bonchev–Trinajstić information content (AvgIpc) is 2.37. The highest BCUT2D eigenvalue weighted by atomic mass is 16.5. The van der Waals surface area contributed by atoms with E-state index < -0.39 is 5.54 Å². The van der Waals surface area contributed by atoms with E-state index in [-0.39, 0.29) is 17.4 Å². The van der Waals surface area contributed by atoms with E-state index in [1.807, 2.05) is 27.8 Å². The normalized spacial score (nSPS) is 28.6. The van der Waals surface area contributed by atoms with Crippen molar-refractivity contribution < 1.29 is 9.53 Å². The van der Waals surface area contributed by atoms with E-state index in [0.717, 1.165) is 6.54 Å². The lowest BCUT2D eigenvalue weighted by molar-refractivity contribution is -0.170. The standard InChI is InChI=1S/C15H31N3O2/c1-7-20-12-10-15(16,14(12,4)5)13(19)17-8-9-18(6)11(2)3/h11-12H,7-10,16H2,1-6H3,(H,17,19). The Morgan fingerprint density at radius 2 is 2.10 bits per heavy atom. The summed E-state index contributed by atoms with van der Waals surface area (Å²) in [5, 5.41) is 2.97. The molecule has 0 aromatic heterocycles.